The first-order valence-corrected chi connectivity index (χ1v) is 8.10. The standard InChI is InChI=1S/C18H25NO4/c1-17(2)22-12-18(13-23-17)10-19(11-18)16(20)9-6-14-4-7-15(21-3)8-5-14/h4-5,7-8H,6,9-13H2,1-3H3. The second-order valence-electron chi connectivity index (χ2n) is 7.08. The van der Waals surface area contributed by atoms with Crippen LogP contribution in [0, 0.1) is 5.41 Å². The predicted octanol–water partition coefficient (Wildman–Crippen LogP) is 2.24. The van der Waals surface area contributed by atoms with Crippen molar-refractivity contribution in [2.24, 2.45) is 5.41 Å². The minimum Gasteiger partial charge on any atom is -0.497 e. The van der Waals surface area contributed by atoms with Gasteiger partial charge < -0.3 is 19.1 Å². The molecule has 126 valence electrons. The summed E-state index contributed by atoms with van der Waals surface area (Å²) >= 11 is 0. The molecule has 2 aliphatic heterocycles. The molecule has 0 atom stereocenters. The third-order valence-corrected chi connectivity index (χ3v) is 4.64. The van der Waals surface area contributed by atoms with Crippen LogP contribution < -0.4 is 4.74 Å². The SMILES string of the molecule is COc1ccc(CCC(=O)N2CC3(COC(C)(C)OC3)C2)cc1. The fourth-order valence-electron chi connectivity index (χ4n) is 3.06. The highest BCUT2D eigenvalue weighted by Crippen LogP contribution is 2.37. The number of carbonyl (C=O) groups excluding carboxylic acids is 1. The van der Waals surface area contributed by atoms with E-state index in [1.54, 1.807) is 7.11 Å². The zero-order valence-electron chi connectivity index (χ0n) is 14.1. The van der Waals surface area contributed by atoms with Crippen LogP contribution in [0.3, 0.4) is 0 Å². The Balaban J connectivity index is 1.44. The number of benzene rings is 1. The molecule has 2 saturated heterocycles. The van der Waals surface area contributed by atoms with Crippen LogP contribution in [0.25, 0.3) is 0 Å². The summed E-state index contributed by atoms with van der Waals surface area (Å²) in [5.41, 5.74) is 1.16. The highest BCUT2D eigenvalue weighted by Gasteiger charge is 2.49. The van der Waals surface area contributed by atoms with Crippen molar-refractivity contribution >= 4 is 5.91 Å². The first kappa shape index (κ1) is 16.3. The van der Waals surface area contributed by atoms with Gasteiger partial charge in [0.2, 0.25) is 5.91 Å². The lowest BCUT2D eigenvalue weighted by Crippen LogP contribution is -2.65. The Bertz CT molecular complexity index is 549. The van der Waals surface area contributed by atoms with E-state index in [0.717, 1.165) is 30.8 Å². The van der Waals surface area contributed by atoms with Gasteiger partial charge in [-0.2, -0.15) is 0 Å². The van der Waals surface area contributed by atoms with Gasteiger partial charge in [-0.3, -0.25) is 4.79 Å². The second-order valence-corrected chi connectivity index (χ2v) is 7.08. The molecule has 0 N–H and O–H groups in total. The number of aryl methyl sites for hydroxylation is 1. The summed E-state index contributed by atoms with van der Waals surface area (Å²) in [5.74, 6) is 0.547. The zero-order chi connectivity index (χ0) is 16.5. The summed E-state index contributed by atoms with van der Waals surface area (Å²) in [6, 6.07) is 7.87. The highest BCUT2D eigenvalue weighted by atomic mass is 16.7. The Morgan fingerprint density at radius 3 is 2.35 bits per heavy atom. The molecular weight excluding hydrogens is 294 g/mol. The number of ether oxygens (including phenoxy) is 3. The summed E-state index contributed by atoms with van der Waals surface area (Å²) < 4.78 is 16.6. The third kappa shape index (κ3) is 3.67. The van der Waals surface area contributed by atoms with Crippen molar-refractivity contribution in [3.63, 3.8) is 0 Å². The lowest BCUT2D eigenvalue weighted by atomic mass is 9.80. The smallest absolute Gasteiger partial charge is 0.222 e. The molecule has 1 spiro atoms. The van der Waals surface area contributed by atoms with Crippen molar-refractivity contribution in [3.8, 4) is 5.75 Å². The topological polar surface area (TPSA) is 48.0 Å². The minimum atomic E-state index is -0.496. The molecule has 0 bridgehead atoms. The van der Waals surface area contributed by atoms with Gasteiger partial charge in [0.1, 0.15) is 5.75 Å². The summed E-state index contributed by atoms with van der Waals surface area (Å²) in [5, 5.41) is 0. The highest BCUT2D eigenvalue weighted by molar-refractivity contribution is 5.77. The van der Waals surface area contributed by atoms with Crippen LogP contribution in [0.1, 0.15) is 25.8 Å². The van der Waals surface area contributed by atoms with Crippen LogP contribution in [0.15, 0.2) is 24.3 Å². The van der Waals surface area contributed by atoms with E-state index < -0.39 is 5.79 Å². The molecule has 0 saturated carbocycles. The van der Waals surface area contributed by atoms with Gasteiger partial charge in [-0.15, -0.1) is 0 Å². The molecule has 3 rings (SSSR count). The molecule has 23 heavy (non-hydrogen) atoms. The van der Waals surface area contributed by atoms with Crippen LogP contribution in [-0.4, -0.2) is 50.0 Å². The Morgan fingerprint density at radius 1 is 1.17 bits per heavy atom. The maximum atomic E-state index is 12.3. The Labute approximate surface area is 137 Å². The van der Waals surface area contributed by atoms with E-state index in [1.165, 1.54) is 0 Å². The van der Waals surface area contributed by atoms with Crippen molar-refractivity contribution in [3.05, 3.63) is 29.8 Å². The van der Waals surface area contributed by atoms with E-state index >= 15 is 0 Å². The first-order valence-electron chi connectivity index (χ1n) is 8.10. The minimum absolute atomic E-state index is 0.00525. The van der Waals surface area contributed by atoms with Gasteiger partial charge in [-0.05, 0) is 38.0 Å². The van der Waals surface area contributed by atoms with Gasteiger partial charge in [-0.1, -0.05) is 12.1 Å². The van der Waals surface area contributed by atoms with E-state index in [-0.39, 0.29) is 11.3 Å². The zero-order valence-corrected chi connectivity index (χ0v) is 14.1. The number of amides is 1. The van der Waals surface area contributed by atoms with Crippen molar-refractivity contribution < 1.29 is 19.0 Å². The Hall–Kier alpha value is -1.59. The number of hydrogen-bond acceptors (Lipinski definition) is 4. The number of nitrogens with zero attached hydrogens (tertiary/aromatic N) is 1. The molecule has 0 radical (unpaired) electrons. The monoisotopic (exact) mass is 319 g/mol. The summed E-state index contributed by atoms with van der Waals surface area (Å²) in [7, 11) is 1.65. The Morgan fingerprint density at radius 2 is 1.78 bits per heavy atom. The van der Waals surface area contributed by atoms with Crippen LogP contribution in [0.5, 0.6) is 5.75 Å². The van der Waals surface area contributed by atoms with Crippen LogP contribution >= 0.6 is 0 Å². The molecule has 1 aromatic rings. The molecular formula is C18H25NO4. The molecule has 5 heteroatoms. The normalized spacial score (nSPS) is 21.8. The lowest BCUT2D eigenvalue weighted by Gasteiger charge is -2.54. The Kier molecular flexibility index (Phi) is 4.34. The van der Waals surface area contributed by atoms with Gasteiger partial charge in [0, 0.05) is 19.5 Å². The molecule has 1 aromatic carbocycles. The summed E-state index contributed by atoms with van der Waals surface area (Å²) in [4.78, 5) is 14.2. The number of rotatable bonds is 4. The molecule has 5 nitrogen and oxygen atoms in total. The van der Waals surface area contributed by atoms with Crippen LogP contribution in [-0.2, 0) is 20.7 Å². The molecule has 2 aliphatic rings. The average molecular weight is 319 g/mol. The van der Waals surface area contributed by atoms with Crippen LogP contribution in [0.4, 0.5) is 0 Å². The van der Waals surface area contributed by atoms with E-state index in [0.29, 0.717) is 19.6 Å². The molecule has 1 amide bonds. The van der Waals surface area contributed by atoms with Gasteiger partial charge in [0.05, 0.1) is 25.7 Å². The number of likely N-dealkylation sites (tertiary alicyclic amines) is 1. The van der Waals surface area contributed by atoms with E-state index in [4.69, 9.17) is 14.2 Å². The average Bonchev–Trinajstić information content (AvgIpc) is 2.51. The van der Waals surface area contributed by atoms with Crippen molar-refractivity contribution in [2.75, 3.05) is 33.4 Å². The predicted molar refractivity (Wildman–Crippen MR) is 86.3 cm³/mol. The molecule has 0 aliphatic carbocycles. The molecule has 2 heterocycles. The molecule has 2 fully saturated rings. The van der Waals surface area contributed by atoms with Crippen molar-refractivity contribution in [2.45, 2.75) is 32.5 Å². The van der Waals surface area contributed by atoms with Gasteiger partial charge in [-0.25, -0.2) is 0 Å². The molecule has 0 aromatic heterocycles. The largest absolute Gasteiger partial charge is 0.497 e. The lowest BCUT2D eigenvalue weighted by molar-refractivity contribution is -0.302. The first-order chi connectivity index (χ1) is 10.9. The third-order valence-electron chi connectivity index (χ3n) is 4.64. The number of carbonyl (C=O) groups is 1. The summed E-state index contributed by atoms with van der Waals surface area (Å²) in [6.07, 6.45) is 1.29. The van der Waals surface area contributed by atoms with E-state index in [9.17, 15) is 4.79 Å². The van der Waals surface area contributed by atoms with Gasteiger partial charge >= 0.3 is 0 Å². The number of methoxy groups -OCH3 is 1. The fourth-order valence-corrected chi connectivity index (χ4v) is 3.06. The van der Waals surface area contributed by atoms with E-state index in [2.05, 4.69) is 0 Å². The maximum Gasteiger partial charge on any atom is 0.222 e. The van der Waals surface area contributed by atoms with Crippen molar-refractivity contribution in [1.82, 2.24) is 4.90 Å². The second kappa shape index (κ2) is 6.13. The van der Waals surface area contributed by atoms with Gasteiger partial charge in [0.15, 0.2) is 5.79 Å². The van der Waals surface area contributed by atoms with E-state index in [1.807, 2.05) is 43.0 Å². The van der Waals surface area contributed by atoms with Gasteiger partial charge in [0.25, 0.3) is 0 Å². The maximum absolute atomic E-state index is 12.3. The quantitative estimate of drug-likeness (QED) is 0.854. The summed E-state index contributed by atoms with van der Waals surface area (Å²) in [6.45, 7) is 6.67. The fraction of sp³-hybridized carbons (Fsp3) is 0.611. The molecule has 0 unspecified atom stereocenters. The van der Waals surface area contributed by atoms with Crippen molar-refractivity contribution in [1.29, 1.82) is 0 Å². The van der Waals surface area contributed by atoms with Crippen LogP contribution in [0.2, 0.25) is 0 Å². The number of hydrogen-bond donors (Lipinski definition) is 0.